The lowest BCUT2D eigenvalue weighted by atomic mass is 10.1. The number of likely N-dealkylation sites (N-methyl/N-ethyl adjacent to an activating group) is 1. The third kappa shape index (κ3) is 5.82. The minimum Gasteiger partial charge on any atom is -0.355 e. The third-order valence-electron chi connectivity index (χ3n) is 3.12. The van der Waals surface area contributed by atoms with Crippen LogP contribution in [0.3, 0.4) is 0 Å². The second kappa shape index (κ2) is 7.88. The van der Waals surface area contributed by atoms with Crippen molar-refractivity contribution in [2.45, 2.75) is 26.7 Å². The summed E-state index contributed by atoms with van der Waals surface area (Å²) in [6.07, 6.45) is 1.38. The molecule has 1 aromatic rings. The molecule has 0 saturated heterocycles. The van der Waals surface area contributed by atoms with Gasteiger partial charge in [0.1, 0.15) is 0 Å². The predicted molar refractivity (Wildman–Crippen MR) is 75.7 cm³/mol. The highest BCUT2D eigenvalue weighted by Gasteiger charge is 2.02. The minimum atomic E-state index is 0.139. The van der Waals surface area contributed by atoms with E-state index in [0.29, 0.717) is 6.42 Å². The summed E-state index contributed by atoms with van der Waals surface area (Å²) in [6.45, 7) is 6.84. The van der Waals surface area contributed by atoms with Crippen molar-refractivity contribution in [1.82, 2.24) is 10.2 Å². The zero-order valence-electron chi connectivity index (χ0n) is 11.7. The Hall–Kier alpha value is -1.35. The Morgan fingerprint density at radius 3 is 2.56 bits per heavy atom. The smallest absolute Gasteiger partial charge is 0.220 e. The number of benzene rings is 1. The Morgan fingerprint density at radius 1 is 1.28 bits per heavy atom. The summed E-state index contributed by atoms with van der Waals surface area (Å²) in [5.41, 5.74) is 2.48. The van der Waals surface area contributed by atoms with Crippen LogP contribution in [0.4, 0.5) is 0 Å². The molecule has 0 bridgehead atoms. The van der Waals surface area contributed by atoms with Gasteiger partial charge in [-0.05, 0) is 32.5 Å². The Morgan fingerprint density at radius 2 is 1.94 bits per heavy atom. The molecule has 0 saturated carbocycles. The van der Waals surface area contributed by atoms with Gasteiger partial charge in [0.25, 0.3) is 0 Å². The van der Waals surface area contributed by atoms with Crippen LogP contribution in [-0.2, 0) is 11.2 Å². The van der Waals surface area contributed by atoms with Crippen molar-refractivity contribution in [3.63, 3.8) is 0 Å². The molecule has 1 rings (SSSR count). The van der Waals surface area contributed by atoms with E-state index in [1.165, 1.54) is 11.1 Å². The largest absolute Gasteiger partial charge is 0.355 e. The topological polar surface area (TPSA) is 32.3 Å². The number of rotatable bonds is 7. The SMILES string of the molecule is CCN(C)CCNC(=O)CCc1ccc(C)cc1. The van der Waals surface area contributed by atoms with E-state index in [1.54, 1.807) is 0 Å². The number of carbonyl (C=O) groups excluding carboxylic acids is 1. The first kappa shape index (κ1) is 14.7. The van der Waals surface area contributed by atoms with Crippen molar-refractivity contribution in [2.24, 2.45) is 0 Å². The van der Waals surface area contributed by atoms with Crippen LogP contribution in [0.1, 0.15) is 24.5 Å². The van der Waals surface area contributed by atoms with Crippen molar-refractivity contribution < 1.29 is 4.79 Å². The van der Waals surface area contributed by atoms with Crippen LogP contribution < -0.4 is 5.32 Å². The molecule has 0 unspecified atom stereocenters. The zero-order chi connectivity index (χ0) is 13.4. The van der Waals surface area contributed by atoms with E-state index in [2.05, 4.69) is 55.4 Å². The fraction of sp³-hybridized carbons (Fsp3) is 0.533. The Kier molecular flexibility index (Phi) is 6.44. The van der Waals surface area contributed by atoms with Crippen LogP contribution >= 0.6 is 0 Å². The van der Waals surface area contributed by atoms with Crippen LogP contribution in [0, 0.1) is 6.92 Å². The van der Waals surface area contributed by atoms with Gasteiger partial charge in [0.15, 0.2) is 0 Å². The molecule has 0 spiro atoms. The highest BCUT2D eigenvalue weighted by atomic mass is 16.1. The van der Waals surface area contributed by atoms with Gasteiger partial charge in [0.05, 0.1) is 0 Å². The molecular formula is C15H24N2O. The molecule has 0 atom stereocenters. The van der Waals surface area contributed by atoms with E-state index >= 15 is 0 Å². The van der Waals surface area contributed by atoms with Gasteiger partial charge in [-0.15, -0.1) is 0 Å². The summed E-state index contributed by atoms with van der Waals surface area (Å²) >= 11 is 0. The quantitative estimate of drug-likeness (QED) is 0.800. The van der Waals surface area contributed by atoms with Gasteiger partial charge in [-0.1, -0.05) is 36.8 Å². The van der Waals surface area contributed by atoms with Gasteiger partial charge < -0.3 is 10.2 Å². The summed E-state index contributed by atoms with van der Waals surface area (Å²) < 4.78 is 0. The molecule has 0 aromatic heterocycles. The van der Waals surface area contributed by atoms with Crippen LogP contribution in [0.5, 0.6) is 0 Å². The van der Waals surface area contributed by atoms with E-state index in [-0.39, 0.29) is 5.91 Å². The van der Waals surface area contributed by atoms with Gasteiger partial charge in [-0.25, -0.2) is 0 Å². The van der Waals surface area contributed by atoms with E-state index in [1.807, 2.05) is 0 Å². The fourth-order valence-electron chi connectivity index (χ4n) is 1.65. The molecule has 1 amide bonds. The molecule has 1 N–H and O–H groups in total. The number of nitrogens with one attached hydrogen (secondary N) is 1. The standard InChI is InChI=1S/C15H24N2O/c1-4-17(3)12-11-16-15(18)10-9-14-7-5-13(2)6-8-14/h5-8H,4,9-12H2,1-3H3,(H,16,18). The van der Waals surface area contributed by atoms with E-state index in [9.17, 15) is 4.79 Å². The monoisotopic (exact) mass is 248 g/mol. The van der Waals surface area contributed by atoms with Crippen LogP contribution in [0.15, 0.2) is 24.3 Å². The van der Waals surface area contributed by atoms with Crippen molar-refractivity contribution in [3.05, 3.63) is 35.4 Å². The summed E-state index contributed by atoms with van der Waals surface area (Å²) in [7, 11) is 2.05. The number of amides is 1. The molecule has 100 valence electrons. The second-order valence-electron chi connectivity index (χ2n) is 4.73. The van der Waals surface area contributed by atoms with Crippen LogP contribution in [0.2, 0.25) is 0 Å². The average Bonchev–Trinajstić information content (AvgIpc) is 2.38. The van der Waals surface area contributed by atoms with Gasteiger partial charge in [0, 0.05) is 19.5 Å². The molecule has 18 heavy (non-hydrogen) atoms. The van der Waals surface area contributed by atoms with Crippen LogP contribution in [0.25, 0.3) is 0 Å². The lowest BCUT2D eigenvalue weighted by molar-refractivity contribution is -0.121. The second-order valence-corrected chi connectivity index (χ2v) is 4.73. The first-order valence-corrected chi connectivity index (χ1v) is 6.62. The first-order valence-electron chi connectivity index (χ1n) is 6.62. The lowest BCUT2D eigenvalue weighted by Crippen LogP contribution is -2.32. The molecule has 0 aliphatic rings. The fourth-order valence-corrected chi connectivity index (χ4v) is 1.65. The van der Waals surface area contributed by atoms with Crippen molar-refractivity contribution in [1.29, 1.82) is 0 Å². The average molecular weight is 248 g/mol. The highest BCUT2D eigenvalue weighted by molar-refractivity contribution is 5.76. The number of hydrogen-bond acceptors (Lipinski definition) is 2. The summed E-state index contributed by atoms with van der Waals surface area (Å²) in [6, 6.07) is 8.36. The molecular weight excluding hydrogens is 224 g/mol. The maximum absolute atomic E-state index is 11.6. The molecule has 0 aliphatic carbocycles. The molecule has 0 radical (unpaired) electrons. The van der Waals surface area contributed by atoms with Crippen LogP contribution in [-0.4, -0.2) is 37.5 Å². The molecule has 0 fully saturated rings. The van der Waals surface area contributed by atoms with Crippen molar-refractivity contribution >= 4 is 5.91 Å². The Balaban J connectivity index is 2.19. The van der Waals surface area contributed by atoms with Gasteiger partial charge in [0.2, 0.25) is 5.91 Å². The number of hydrogen-bond donors (Lipinski definition) is 1. The molecule has 3 nitrogen and oxygen atoms in total. The third-order valence-corrected chi connectivity index (χ3v) is 3.12. The van der Waals surface area contributed by atoms with E-state index in [0.717, 1.165) is 26.1 Å². The van der Waals surface area contributed by atoms with Gasteiger partial charge in [-0.2, -0.15) is 0 Å². The van der Waals surface area contributed by atoms with E-state index in [4.69, 9.17) is 0 Å². The highest BCUT2D eigenvalue weighted by Crippen LogP contribution is 2.05. The molecule has 3 heteroatoms. The predicted octanol–water partition coefficient (Wildman–Crippen LogP) is 2.00. The van der Waals surface area contributed by atoms with Crippen molar-refractivity contribution in [3.8, 4) is 0 Å². The summed E-state index contributed by atoms with van der Waals surface area (Å²) in [5.74, 6) is 0.139. The number of carbonyl (C=O) groups is 1. The number of nitrogens with zero attached hydrogens (tertiary/aromatic N) is 1. The summed E-state index contributed by atoms with van der Waals surface area (Å²) in [5, 5.41) is 2.95. The Labute approximate surface area is 110 Å². The maximum atomic E-state index is 11.6. The maximum Gasteiger partial charge on any atom is 0.220 e. The molecule has 0 heterocycles. The first-order chi connectivity index (χ1) is 8.61. The van der Waals surface area contributed by atoms with Crippen molar-refractivity contribution in [2.75, 3.05) is 26.7 Å². The minimum absolute atomic E-state index is 0.139. The summed E-state index contributed by atoms with van der Waals surface area (Å²) in [4.78, 5) is 13.8. The lowest BCUT2D eigenvalue weighted by Gasteiger charge is -2.13. The molecule has 0 aliphatic heterocycles. The Bertz CT molecular complexity index is 359. The van der Waals surface area contributed by atoms with Gasteiger partial charge >= 0.3 is 0 Å². The number of aryl methyl sites for hydroxylation is 2. The molecule has 1 aromatic carbocycles. The van der Waals surface area contributed by atoms with E-state index < -0.39 is 0 Å². The normalized spacial score (nSPS) is 10.7. The van der Waals surface area contributed by atoms with Gasteiger partial charge in [-0.3, -0.25) is 4.79 Å². The zero-order valence-corrected chi connectivity index (χ0v) is 11.7.